The van der Waals surface area contributed by atoms with Crippen LogP contribution in [0.2, 0.25) is 0 Å². The molecule has 5 N–H and O–H groups in total. The number of nitrogens with two attached hydrogens (primary N) is 2. The first-order chi connectivity index (χ1) is 7.91. The van der Waals surface area contributed by atoms with Crippen LogP contribution in [0.5, 0.6) is 0 Å². The van der Waals surface area contributed by atoms with E-state index in [1.165, 1.54) is 11.0 Å². The third-order valence-electron chi connectivity index (χ3n) is 2.26. The Labute approximate surface area is 99.6 Å². The molecule has 17 heavy (non-hydrogen) atoms. The van der Waals surface area contributed by atoms with Gasteiger partial charge in [-0.3, -0.25) is 9.59 Å². The Morgan fingerprint density at radius 2 is 2.00 bits per heavy atom. The van der Waals surface area contributed by atoms with E-state index in [9.17, 15) is 9.59 Å². The predicted molar refractivity (Wildman–Crippen MR) is 66.6 cm³/mol. The summed E-state index contributed by atoms with van der Waals surface area (Å²) >= 11 is 0. The van der Waals surface area contributed by atoms with Crippen molar-refractivity contribution in [2.24, 2.45) is 5.73 Å². The third-order valence-corrected chi connectivity index (χ3v) is 2.26. The molecular formula is C11H16N4O2. The van der Waals surface area contributed by atoms with Gasteiger partial charge in [0, 0.05) is 25.5 Å². The van der Waals surface area contributed by atoms with Gasteiger partial charge in [0.1, 0.15) is 0 Å². The number of nitrogens with one attached hydrogen (secondary N) is 1. The van der Waals surface area contributed by atoms with E-state index >= 15 is 0 Å². The van der Waals surface area contributed by atoms with E-state index < -0.39 is 5.91 Å². The number of carbonyl (C=O) groups is 2. The topological polar surface area (TPSA) is 101 Å². The summed E-state index contributed by atoms with van der Waals surface area (Å²) in [7, 11) is 3.34. The molecule has 0 aliphatic carbocycles. The van der Waals surface area contributed by atoms with E-state index in [0.717, 1.165) is 0 Å². The lowest BCUT2D eigenvalue weighted by Gasteiger charge is -2.12. The summed E-state index contributed by atoms with van der Waals surface area (Å²) in [5, 5.41) is 2.89. The van der Waals surface area contributed by atoms with E-state index in [2.05, 4.69) is 5.32 Å². The smallest absolute Gasteiger partial charge is 0.250 e. The maximum absolute atomic E-state index is 11.3. The third kappa shape index (κ3) is 3.37. The summed E-state index contributed by atoms with van der Waals surface area (Å²) in [5.41, 5.74) is 11.9. The van der Waals surface area contributed by atoms with Crippen molar-refractivity contribution in [1.82, 2.24) is 4.90 Å². The van der Waals surface area contributed by atoms with E-state index in [1.807, 2.05) is 0 Å². The molecule has 0 spiro atoms. The Kier molecular flexibility index (Phi) is 3.92. The minimum atomic E-state index is -0.593. The van der Waals surface area contributed by atoms with Crippen molar-refractivity contribution in [2.75, 3.05) is 31.7 Å². The van der Waals surface area contributed by atoms with Crippen LogP contribution in [-0.2, 0) is 4.79 Å². The van der Waals surface area contributed by atoms with Crippen LogP contribution in [0.1, 0.15) is 10.4 Å². The van der Waals surface area contributed by atoms with Gasteiger partial charge in [-0.25, -0.2) is 0 Å². The van der Waals surface area contributed by atoms with Crippen molar-refractivity contribution in [2.45, 2.75) is 0 Å². The summed E-state index contributed by atoms with van der Waals surface area (Å²) in [6.07, 6.45) is 0. The highest BCUT2D eigenvalue weighted by Crippen LogP contribution is 2.17. The number of benzene rings is 1. The number of hydrogen-bond acceptors (Lipinski definition) is 4. The van der Waals surface area contributed by atoms with Gasteiger partial charge in [0.15, 0.2) is 0 Å². The van der Waals surface area contributed by atoms with Gasteiger partial charge in [0.25, 0.3) is 5.91 Å². The fraction of sp³-hybridized carbons (Fsp3) is 0.273. The summed E-state index contributed by atoms with van der Waals surface area (Å²) in [4.78, 5) is 23.9. The molecule has 0 aliphatic heterocycles. The van der Waals surface area contributed by atoms with Gasteiger partial charge < -0.3 is 21.7 Å². The highest BCUT2D eigenvalue weighted by Gasteiger charge is 2.08. The van der Waals surface area contributed by atoms with Gasteiger partial charge in [-0.2, -0.15) is 0 Å². The Morgan fingerprint density at radius 1 is 1.35 bits per heavy atom. The molecule has 0 unspecified atom stereocenters. The minimum Gasteiger partial charge on any atom is -0.398 e. The van der Waals surface area contributed by atoms with E-state index in [1.54, 1.807) is 26.2 Å². The first-order valence-electron chi connectivity index (χ1n) is 5.05. The van der Waals surface area contributed by atoms with Crippen molar-refractivity contribution in [1.29, 1.82) is 0 Å². The molecule has 6 heteroatoms. The fourth-order valence-corrected chi connectivity index (χ4v) is 1.22. The van der Waals surface area contributed by atoms with Gasteiger partial charge in [-0.05, 0) is 18.2 Å². The van der Waals surface area contributed by atoms with Crippen LogP contribution >= 0.6 is 0 Å². The molecule has 92 valence electrons. The molecule has 6 nitrogen and oxygen atoms in total. The molecule has 0 fully saturated rings. The highest BCUT2D eigenvalue weighted by molar-refractivity contribution is 5.99. The van der Waals surface area contributed by atoms with Gasteiger partial charge in [-0.15, -0.1) is 0 Å². The molecule has 0 aromatic heterocycles. The average Bonchev–Trinajstić information content (AvgIpc) is 2.26. The number of hydrogen-bond donors (Lipinski definition) is 3. The largest absolute Gasteiger partial charge is 0.398 e. The Balaban J connectivity index is 2.76. The molecule has 2 amide bonds. The van der Waals surface area contributed by atoms with Gasteiger partial charge >= 0.3 is 0 Å². The predicted octanol–water partition coefficient (Wildman–Crippen LogP) is -0.132. The van der Waals surface area contributed by atoms with Crippen LogP contribution in [0, 0.1) is 0 Å². The molecule has 1 aromatic rings. The van der Waals surface area contributed by atoms with Crippen LogP contribution in [0.15, 0.2) is 18.2 Å². The SMILES string of the molecule is CN(C)C(=O)CNc1ccc(N)c(C(N)=O)c1. The zero-order chi connectivity index (χ0) is 13.0. The van der Waals surface area contributed by atoms with Crippen molar-refractivity contribution in [3.63, 3.8) is 0 Å². The lowest BCUT2D eigenvalue weighted by atomic mass is 10.1. The molecule has 0 radical (unpaired) electrons. The molecule has 0 saturated carbocycles. The lowest BCUT2D eigenvalue weighted by Crippen LogP contribution is -2.28. The number of anilines is 2. The molecule has 0 saturated heterocycles. The average molecular weight is 236 g/mol. The van der Waals surface area contributed by atoms with Gasteiger partial charge in [-0.1, -0.05) is 0 Å². The van der Waals surface area contributed by atoms with Crippen molar-refractivity contribution in [3.8, 4) is 0 Å². The van der Waals surface area contributed by atoms with Crippen LogP contribution in [0.25, 0.3) is 0 Å². The summed E-state index contributed by atoms with van der Waals surface area (Å²) in [5.74, 6) is -0.660. The Hall–Kier alpha value is -2.24. The zero-order valence-electron chi connectivity index (χ0n) is 9.86. The molecule has 0 atom stereocenters. The molecule has 0 heterocycles. The first kappa shape index (κ1) is 12.8. The number of carbonyl (C=O) groups excluding carboxylic acids is 2. The van der Waals surface area contributed by atoms with Gasteiger partial charge in [0.2, 0.25) is 5.91 Å². The van der Waals surface area contributed by atoms with E-state index in [4.69, 9.17) is 11.5 Å². The van der Waals surface area contributed by atoms with Gasteiger partial charge in [0.05, 0.1) is 12.1 Å². The summed E-state index contributed by atoms with van der Waals surface area (Å²) < 4.78 is 0. The number of nitrogens with zero attached hydrogens (tertiary/aromatic N) is 1. The number of primary amides is 1. The van der Waals surface area contributed by atoms with Crippen molar-refractivity contribution >= 4 is 23.2 Å². The number of nitrogen functional groups attached to an aromatic ring is 1. The quantitative estimate of drug-likeness (QED) is 0.634. The second-order valence-corrected chi connectivity index (χ2v) is 3.81. The maximum Gasteiger partial charge on any atom is 0.250 e. The maximum atomic E-state index is 11.3. The molecule has 0 bridgehead atoms. The molecule has 1 aromatic carbocycles. The fourth-order valence-electron chi connectivity index (χ4n) is 1.22. The lowest BCUT2D eigenvalue weighted by molar-refractivity contribution is -0.126. The Bertz CT molecular complexity index is 443. The standard InChI is InChI=1S/C11H16N4O2/c1-15(2)10(16)6-14-7-3-4-9(12)8(5-7)11(13)17/h3-5,14H,6,12H2,1-2H3,(H2,13,17). The number of likely N-dealkylation sites (N-methyl/N-ethyl adjacent to an activating group) is 1. The van der Waals surface area contributed by atoms with E-state index in [0.29, 0.717) is 11.4 Å². The van der Waals surface area contributed by atoms with E-state index in [-0.39, 0.29) is 18.0 Å². The van der Waals surface area contributed by atoms with Crippen molar-refractivity contribution < 1.29 is 9.59 Å². The number of amides is 2. The minimum absolute atomic E-state index is 0.0672. The van der Waals surface area contributed by atoms with Crippen LogP contribution in [-0.4, -0.2) is 37.4 Å². The monoisotopic (exact) mass is 236 g/mol. The second-order valence-electron chi connectivity index (χ2n) is 3.81. The molecular weight excluding hydrogens is 220 g/mol. The Morgan fingerprint density at radius 3 is 2.53 bits per heavy atom. The number of rotatable bonds is 4. The summed E-state index contributed by atoms with van der Waals surface area (Å²) in [6, 6.07) is 4.79. The van der Waals surface area contributed by atoms with Crippen LogP contribution in [0.3, 0.4) is 0 Å². The molecule has 0 aliphatic rings. The highest BCUT2D eigenvalue weighted by atomic mass is 16.2. The van der Waals surface area contributed by atoms with Crippen LogP contribution < -0.4 is 16.8 Å². The summed E-state index contributed by atoms with van der Waals surface area (Å²) in [6.45, 7) is 0.148. The second kappa shape index (κ2) is 5.20. The first-order valence-corrected chi connectivity index (χ1v) is 5.05. The molecule has 1 rings (SSSR count). The van der Waals surface area contributed by atoms with Crippen molar-refractivity contribution in [3.05, 3.63) is 23.8 Å². The van der Waals surface area contributed by atoms with Crippen LogP contribution in [0.4, 0.5) is 11.4 Å². The zero-order valence-corrected chi connectivity index (χ0v) is 9.86. The normalized spacial score (nSPS) is 9.76.